The predicted octanol–water partition coefficient (Wildman–Crippen LogP) is 5.95. The van der Waals surface area contributed by atoms with Crippen molar-refractivity contribution in [2.45, 2.75) is 161 Å². The minimum atomic E-state index is -1.45. The summed E-state index contributed by atoms with van der Waals surface area (Å²) < 4.78 is 40.5. The van der Waals surface area contributed by atoms with Gasteiger partial charge in [0.05, 0.1) is 47.4 Å². The zero-order valence-corrected chi connectivity index (χ0v) is 40.9. The number of amides is 1. The van der Waals surface area contributed by atoms with Crippen LogP contribution in [0.25, 0.3) is 11.0 Å². The molecule has 0 aliphatic carbocycles. The molecule has 2 aromatic heterocycles. The number of aromatic nitrogens is 4. The summed E-state index contributed by atoms with van der Waals surface area (Å²) in [6, 6.07) is 11.7. The molecule has 3 saturated heterocycles. The van der Waals surface area contributed by atoms with E-state index in [4.69, 9.17) is 28.4 Å². The van der Waals surface area contributed by atoms with Crippen LogP contribution in [0.1, 0.15) is 93.2 Å². The number of aliphatic hydroxyl groups excluding tert-OH is 1. The summed E-state index contributed by atoms with van der Waals surface area (Å²) in [7, 11) is 3.41. The molecule has 0 bridgehead atoms. The summed E-state index contributed by atoms with van der Waals surface area (Å²) in [4.78, 5) is 65.7. The van der Waals surface area contributed by atoms with Crippen LogP contribution in [-0.2, 0) is 55.8 Å². The molecule has 6 rings (SSSR count). The molecular formula is C50H72N6O11. The van der Waals surface area contributed by atoms with Gasteiger partial charge in [-0.3, -0.25) is 24.3 Å². The quantitative estimate of drug-likeness (QED) is 0.0813. The lowest BCUT2D eigenvalue weighted by atomic mass is 9.73. The number of ether oxygens (including phenoxy) is 6. The molecule has 67 heavy (non-hydrogen) atoms. The summed E-state index contributed by atoms with van der Waals surface area (Å²) in [5, 5.41) is 20.5. The largest absolute Gasteiger partial charge is 0.461 e. The minimum absolute atomic E-state index is 0.106. The number of unbranched alkanes of at least 4 members (excludes halogenated alkanes) is 1. The first kappa shape index (κ1) is 51.6. The Balaban J connectivity index is 1.37. The zero-order valence-electron chi connectivity index (χ0n) is 40.9. The molecule has 3 aliphatic heterocycles. The first-order valence-electron chi connectivity index (χ1n) is 23.8. The highest BCUT2D eigenvalue weighted by Gasteiger charge is 2.60. The van der Waals surface area contributed by atoms with Gasteiger partial charge in [-0.25, -0.2) is 9.48 Å². The third-order valence-electron chi connectivity index (χ3n) is 14.4. The van der Waals surface area contributed by atoms with Crippen molar-refractivity contribution in [3.05, 3.63) is 67.0 Å². The first-order valence-corrected chi connectivity index (χ1v) is 23.8. The predicted molar refractivity (Wildman–Crippen MR) is 248 cm³/mol. The van der Waals surface area contributed by atoms with E-state index in [1.165, 1.54) is 7.11 Å². The molecular weight excluding hydrogens is 861 g/mol. The fourth-order valence-electron chi connectivity index (χ4n) is 10.8. The number of pyridine rings is 1. The van der Waals surface area contributed by atoms with Gasteiger partial charge in [0.15, 0.2) is 11.9 Å². The Morgan fingerprint density at radius 2 is 1.75 bits per heavy atom. The highest BCUT2D eigenvalue weighted by Crippen LogP contribution is 2.44. The van der Waals surface area contributed by atoms with Gasteiger partial charge < -0.3 is 38.4 Å². The van der Waals surface area contributed by atoms with E-state index in [-0.39, 0.29) is 43.7 Å². The van der Waals surface area contributed by atoms with Crippen molar-refractivity contribution in [2.24, 2.45) is 23.7 Å². The number of methoxy groups -OCH3 is 1. The Morgan fingerprint density at radius 1 is 1.03 bits per heavy atom. The molecule has 0 saturated carbocycles. The molecule has 1 aromatic carbocycles. The van der Waals surface area contributed by atoms with Gasteiger partial charge in [-0.2, -0.15) is 0 Å². The summed E-state index contributed by atoms with van der Waals surface area (Å²) in [5.74, 6) is -4.93. The number of para-hydroxylation sites is 1. The minimum Gasteiger partial charge on any atom is -0.461 e. The lowest BCUT2D eigenvalue weighted by Gasteiger charge is -2.48. The number of Topliss-reactive ketones (excluding diaryl/α,β-unsaturated/α-hetero) is 1. The number of carbonyl (C=O) groups excluding carboxylic acids is 4. The molecule has 0 spiro atoms. The van der Waals surface area contributed by atoms with Crippen LogP contribution >= 0.6 is 0 Å². The maximum absolute atomic E-state index is 15.0. The van der Waals surface area contributed by atoms with E-state index in [1.807, 2.05) is 68.6 Å². The van der Waals surface area contributed by atoms with Crippen molar-refractivity contribution in [1.82, 2.24) is 29.8 Å². The molecule has 3 aromatic rings. The molecule has 5 heterocycles. The van der Waals surface area contributed by atoms with Crippen LogP contribution in [0.3, 0.4) is 0 Å². The molecule has 17 heteroatoms. The third-order valence-corrected chi connectivity index (χ3v) is 14.4. The highest BCUT2D eigenvalue weighted by atomic mass is 16.7. The molecule has 0 radical (unpaired) electrons. The topological polar surface area (TPSA) is 194 Å². The lowest BCUT2D eigenvalue weighted by Crippen LogP contribution is -2.61. The molecule has 14 atom stereocenters. The Morgan fingerprint density at radius 3 is 2.43 bits per heavy atom. The Kier molecular flexibility index (Phi) is 17.0. The van der Waals surface area contributed by atoms with Crippen molar-refractivity contribution < 1.29 is 52.7 Å². The highest BCUT2D eigenvalue weighted by molar-refractivity contribution is 5.85. The van der Waals surface area contributed by atoms with Crippen LogP contribution in [0.2, 0.25) is 0 Å². The molecule has 3 aliphatic rings. The number of fused-ring (bicyclic) bond motifs is 2. The number of carbonyl (C=O) groups is 4. The van der Waals surface area contributed by atoms with E-state index in [2.05, 4.69) is 21.9 Å². The number of nitrogens with zero attached hydrogens (tertiary/aromatic N) is 6. The van der Waals surface area contributed by atoms with Crippen LogP contribution in [0.4, 0.5) is 4.79 Å². The van der Waals surface area contributed by atoms with Crippen molar-refractivity contribution in [2.75, 3.05) is 27.2 Å². The van der Waals surface area contributed by atoms with Crippen LogP contribution in [0.5, 0.6) is 0 Å². The van der Waals surface area contributed by atoms with Crippen LogP contribution in [0, 0.1) is 23.7 Å². The number of likely N-dealkylation sites (N-methyl/N-ethyl adjacent to an activating group) is 1. The fourth-order valence-corrected chi connectivity index (χ4v) is 10.8. The molecule has 368 valence electrons. The average molecular weight is 933 g/mol. The molecule has 0 unspecified atom stereocenters. The van der Waals surface area contributed by atoms with E-state index < -0.39 is 89.7 Å². The number of esters is 2. The van der Waals surface area contributed by atoms with Gasteiger partial charge in [-0.05, 0) is 91.1 Å². The number of aliphatic hydroxyl groups is 1. The van der Waals surface area contributed by atoms with Crippen molar-refractivity contribution in [3.63, 3.8) is 0 Å². The first-order chi connectivity index (χ1) is 31.9. The number of ketones is 1. The number of aryl methyl sites for hydroxylation is 1. The Bertz CT molecular complexity index is 2180. The van der Waals surface area contributed by atoms with Gasteiger partial charge in [0.1, 0.15) is 29.6 Å². The summed E-state index contributed by atoms with van der Waals surface area (Å²) in [6.45, 7) is 19.5. The molecule has 17 nitrogen and oxygen atoms in total. The van der Waals surface area contributed by atoms with Gasteiger partial charge >= 0.3 is 18.0 Å². The fraction of sp³-hybridized carbons (Fsp3) is 0.660. The maximum Gasteiger partial charge on any atom is 0.410 e. The van der Waals surface area contributed by atoms with E-state index in [1.54, 1.807) is 63.1 Å². The Hall–Kier alpha value is -4.81. The van der Waals surface area contributed by atoms with E-state index in [9.17, 15) is 19.5 Å². The molecule has 1 amide bonds. The van der Waals surface area contributed by atoms with Crippen molar-refractivity contribution >= 4 is 34.8 Å². The second kappa shape index (κ2) is 22.1. The van der Waals surface area contributed by atoms with Gasteiger partial charge in [0.2, 0.25) is 0 Å². The monoisotopic (exact) mass is 933 g/mol. The van der Waals surface area contributed by atoms with Gasteiger partial charge in [-0.1, -0.05) is 57.2 Å². The third kappa shape index (κ3) is 11.2. The van der Waals surface area contributed by atoms with Gasteiger partial charge in [-0.15, -0.1) is 11.7 Å². The second-order valence-corrected chi connectivity index (χ2v) is 19.3. The zero-order chi connectivity index (χ0) is 48.8. The second-order valence-electron chi connectivity index (χ2n) is 19.3. The van der Waals surface area contributed by atoms with E-state index in [0.29, 0.717) is 38.0 Å². The van der Waals surface area contributed by atoms with Crippen LogP contribution in [-0.4, -0.2) is 146 Å². The molecule has 1 N–H and O–H groups in total. The Labute approximate surface area is 394 Å². The van der Waals surface area contributed by atoms with E-state index in [0.717, 1.165) is 11.0 Å². The molecule has 3 fully saturated rings. The summed E-state index contributed by atoms with van der Waals surface area (Å²) in [6.07, 6.45) is -1.24. The van der Waals surface area contributed by atoms with E-state index >= 15 is 4.79 Å². The number of hydrogen-bond acceptors (Lipinski definition) is 15. The smallest absolute Gasteiger partial charge is 0.410 e. The number of cyclic esters (lactones) is 1. The van der Waals surface area contributed by atoms with Gasteiger partial charge in [0.25, 0.3) is 0 Å². The standard InChI is InChI=1S/C50H72N6O11/c1-12-24-54(10)38-27-31(4)63-47(42(38)59)66-45-33(6)43(65-40(57)28-35-20-16-17-23-51-35)34(7)46(60)64-39(13-2)50(9)44(32(5)41(58)30(3)29-49(45,8)62-11)55(48(61)67-50)25-18-19-26-56-37-22-15-14-21-36(37)52-53-56/h12,14-17,20-23,30-34,38-39,42-45,47,59H,1,13,18-19,24-29H2,2-11H3/t30-,31+,32+,33+,34-,38-,39-,42+,43+,44-,45-,47-,49-,50-/m1/s1. The maximum atomic E-state index is 15.0. The number of hydrogen-bond donors (Lipinski definition) is 1. The number of benzene rings is 1. The lowest BCUT2D eigenvalue weighted by molar-refractivity contribution is -0.302. The summed E-state index contributed by atoms with van der Waals surface area (Å²) >= 11 is 0. The van der Waals surface area contributed by atoms with Gasteiger partial charge in [0, 0.05) is 56.7 Å². The van der Waals surface area contributed by atoms with Crippen LogP contribution < -0.4 is 0 Å². The SMILES string of the molecule is C=CCN(C)[C@@H]1C[C@H](C)O[C@H](O[C@@H]2[C@@H](C)[C@H](OC(=O)Cc3ccccn3)[C@@H](C)C(=O)O[C@H](CC)[C@@]3(C)OC(=O)N(CCCCn4nnc5ccccc54)[C@@H]3[C@@H](C)C(=O)[C@H](C)C[C@@]2(C)OC)[C@H]1O. The average Bonchev–Trinajstić information content (AvgIpc) is 3.84. The normalized spacial score (nSPS) is 34.3. The number of rotatable bonds is 15. The van der Waals surface area contributed by atoms with Crippen LogP contribution in [0.15, 0.2) is 61.3 Å². The van der Waals surface area contributed by atoms with Crippen molar-refractivity contribution in [3.8, 4) is 0 Å². The van der Waals surface area contributed by atoms with Crippen molar-refractivity contribution in [1.29, 1.82) is 0 Å². The summed E-state index contributed by atoms with van der Waals surface area (Å²) in [5.41, 5.74) is -0.598.